The van der Waals surface area contributed by atoms with Gasteiger partial charge in [0.05, 0.1) is 40.6 Å². The van der Waals surface area contributed by atoms with E-state index in [-0.39, 0.29) is 23.8 Å². The lowest BCUT2D eigenvalue weighted by Crippen LogP contribution is -2.40. The fourth-order valence-electron chi connectivity index (χ4n) is 5.00. The largest absolute Gasteiger partial charge is 0.493 e. The highest BCUT2D eigenvalue weighted by molar-refractivity contribution is 14.1. The van der Waals surface area contributed by atoms with E-state index >= 15 is 0 Å². The van der Waals surface area contributed by atoms with Gasteiger partial charge in [-0.1, -0.05) is 53.3 Å². The lowest BCUT2D eigenvalue weighted by molar-refractivity contribution is -0.139. The molecule has 0 amide bonds. The third kappa shape index (κ3) is 7.13. The first-order valence-corrected chi connectivity index (χ1v) is 16.6. The number of benzene rings is 3. The number of aromatic nitrogens is 1. The Morgan fingerprint density at radius 3 is 2.56 bits per heavy atom. The van der Waals surface area contributed by atoms with Crippen molar-refractivity contribution in [3.05, 3.63) is 117 Å². The highest BCUT2D eigenvalue weighted by Gasteiger charge is 2.35. The lowest BCUT2D eigenvalue weighted by Gasteiger charge is -2.26. The molecule has 3 aromatic carbocycles. The number of thiazole rings is 1. The smallest absolute Gasteiger partial charge is 0.338 e. The van der Waals surface area contributed by atoms with Crippen LogP contribution in [-0.4, -0.2) is 30.4 Å². The van der Waals surface area contributed by atoms with E-state index in [4.69, 9.17) is 30.5 Å². The number of nitrogens with zero attached hydrogens (tertiary/aromatic N) is 2. The summed E-state index contributed by atoms with van der Waals surface area (Å²) in [6, 6.07) is 18.1. The number of para-hydroxylation sites is 1. The zero-order valence-corrected chi connectivity index (χ0v) is 29.2. The maximum absolute atomic E-state index is 14.1. The zero-order chi connectivity index (χ0) is 32.2. The molecule has 0 unspecified atom stereocenters. The van der Waals surface area contributed by atoms with Crippen molar-refractivity contribution in [2.24, 2.45) is 4.99 Å². The summed E-state index contributed by atoms with van der Waals surface area (Å²) in [4.78, 5) is 32.6. The van der Waals surface area contributed by atoms with Crippen molar-refractivity contribution >= 4 is 57.6 Å². The van der Waals surface area contributed by atoms with Gasteiger partial charge in [-0.15, -0.1) is 0 Å². The minimum atomic E-state index is -0.799. The minimum absolute atomic E-state index is 0.124. The van der Waals surface area contributed by atoms with E-state index in [1.165, 1.54) is 23.0 Å². The molecule has 45 heavy (non-hydrogen) atoms. The van der Waals surface area contributed by atoms with Gasteiger partial charge in [0.15, 0.2) is 16.3 Å². The van der Waals surface area contributed by atoms with Crippen molar-refractivity contribution in [1.29, 1.82) is 0 Å². The third-order valence-corrected chi connectivity index (χ3v) is 8.92. The fraction of sp³-hybridized carbons (Fsp3) is 0.265. The summed E-state index contributed by atoms with van der Waals surface area (Å²) in [5.41, 5.74) is 2.75. The molecule has 11 heteroatoms. The van der Waals surface area contributed by atoms with Crippen molar-refractivity contribution < 1.29 is 23.7 Å². The molecule has 1 aromatic heterocycles. The molecule has 5 rings (SSSR count). The van der Waals surface area contributed by atoms with Crippen LogP contribution in [0.15, 0.2) is 81.7 Å². The number of hydrogen-bond acceptors (Lipinski definition) is 8. The Kier molecular flexibility index (Phi) is 10.4. The Morgan fingerprint density at radius 1 is 1.13 bits per heavy atom. The first kappa shape index (κ1) is 32.8. The number of allylic oxidation sites excluding steroid dienone is 1. The number of ether oxygens (including phenoxy) is 4. The molecule has 0 radical (unpaired) electrons. The molecule has 1 aliphatic rings. The van der Waals surface area contributed by atoms with Gasteiger partial charge in [-0.05, 0) is 97.8 Å². The SMILES string of the molecule is CCOC(=O)C1=C(C)N=c2s/c(=C/c3cc(Cl)c(OCc4ccc(I)cc4)c(OC)c3)c(=O)n2[C@@H]1c1ccccc1OC(C)C. The van der Waals surface area contributed by atoms with Crippen LogP contribution in [0.3, 0.4) is 0 Å². The van der Waals surface area contributed by atoms with Gasteiger partial charge in [0.1, 0.15) is 18.4 Å². The van der Waals surface area contributed by atoms with Crippen molar-refractivity contribution in [1.82, 2.24) is 4.57 Å². The van der Waals surface area contributed by atoms with Crippen LogP contribution in [0.25, 0.3) is 6.08 Å². The highest BCUT2D eigenvalue weighted by Crippen LogP contribution is 2.38. The highest BCUT2D eigenvalue weighted by atomic mass is 127. The summed E-state index contributed by atoms with van der Waals surface area (Å²) in [7, 11) is 1.54. The maximum atomic E-state index is 14.1. The molecule has 0 fully saturated rings. The molecule has 0 aliphatic carbocycles. The molecular formula is C34H32ClIN2O6S. The van der Waals surface area contributed by atoms with Crippen LogP contribution in [0, 0.1) is 3.57 Å². The van der Waals surface area contributed by atoms with Crippen molar-refractivity contribution in [3.8, 4) is 17.2 Å². The van der Waals surface area contributed by atoms with Gasteiger partial charge in [-0.25, -0.2) is 9.79 Å². The van der Waals surface area contributed by atoms with E-state index in [0.29, 0.717) is 55.0 Å². The Hall–Kier alpha value is -3.61. The van der Waals surface area contributed by atoms with Gasteiger partial charge in [0.2, 0.25) is 0 Å². The van der Waals surface area contributed by atoms with E-state index < -0.39 is 12.0 Å². The van der Waals surface area contributed by atoms with Crippen LogP contribution in [0.4, 0.5) is 0 Å². The van der Waals surface area contributed by atoms with Gasteiger partial charge >= 0.3 is 5.97 Å². The van der Waals surface area contributed by atoms with E-state index in [9.17, 15) is 9.59 Å². The third-order valence-electron chi connectivity index (χ3n) is 6.94. The van der Waals surface area contributed by atoms with Gasteiger partial charge in [-0.2, -0.15) is 0 Å². The molecule has 0 spiro atoms. The topological polar surface area (TPSA) is 88.4 Å². The summed E-state index contributed by atoms with van der Waals surface area (Å²) in [5, 5.41) is 0.344. The summed E-state index contributed by atoms with van der Waals surface area (Å²) >= 11 is 10.2. The lowest BCUT2D eigenvalue weighted by atomic mass is 9.95. The van der Waals surface area contributed by atoms with Crippen LogP contribution in [0.5, 0.6) is 17.2 Å². The Morgan fingerprint density at radius 2 is 1.87 bits per heavy atom. The first-order valence-electron chi connectivity index (χ1n) is 14.3. The Bertz CT molecular complexity index is 1950. The second kappa shape index (κ2) is 14.2. The van der Waals surface area contributed by atoms with Crippen LogP contribution in [-0.2, 0) is 16.1 Å². The van der Waals surface area contributed by atoms with E-state index in [2.05, 4.69) is 27.6 Å². The number of fused-ring (bicyclic) bond motifs is 1. The number of esters is 1. The standard InChI is InChI=1S/C34H32ClIN2O6S/c1-6-42-33(40)29-20(4)37-34-38(30(29)24-9-7-8-10-26(24)44-19(2)3)32(39)28(45-34)17-22-15-25(35)31(27(16-22)41-5)43-18-21-11-13-23(36)14-12-21/h7-17,19,30H,6,18H2,1-5H3/b28-17+/t30-/m1/s1. The molecular weight excluding hydrogens is 727 g/mol. The van der Waals surface area contributed by atoms with Crippen LogP contribution >= 0.6 is 45.5 Å². The molecule has 4 aromatic rings. The molecule has 1 atom stereocenters. The van der Waals surface area contributed by atoms with Crippen LogP contribution in [0.1, 0.15) is 50.4 Å². The average Bonchev–Trinajstić information content (AvgIpc) is 3.30. The number of carbonyl (C=O) groups excluding carboxylic acids is 1. The maximum Gasteiger partial charge on any atom is 0.338 e. The summed E-state index contributed by atoms with van der Waals surface area (Å²) < 4.78 is 26.3. The monoisotopic (exact) mass is 758 g/mol. The van der Waals surface area contributed by atoms with E-state index in [0.717, 1.165) is 9.13 Å². The average molecular weight is 759 g/mol. The van der Waals surface area contributed by atoms with E-state index in [1.54, 1.807) is 32.1 Å². The van der Waals surface area contributed by atoms with Gasteiger partial charge in [0, 0.05) is 9.13 Å². The predicted molar refractivity (Wildman–Crippen MR) is 184 cm³/mol. The summed E-state index contributed by atoms with van der Waals surface area (Å²) in [6.45, 7) is 7.84. The fourth-order valence-corrected chi connectivity index (χ4v) is 6.68. The number of hydrogen-bond donors (Lipinski definition) is 0. The second-order valence-electron chi connectivity index (χ2n) is 10.5. The predicted octanol–water partition coefficient (Wildman–Crippen LogP) is 6.43. The van der Waals surface area contributed by atoms with Gasteiger partial charge in [-0.3, -0.25) is 9.36 Å². The van der Waals surface area contributed by atoms with Crippen LogP contribution < -0.4 is 29.1 Å². The molecule has 0 bridgehead atoms. The molecule has 234 valence electrons. The molecule has 2 heterocycles. The molecule has 8 nitrogen and oxygen atoms in total. The minimum Gasteiger partial charge on any atom is -0.493 e. The molecule has 0 saturated carbocycles. The quantitative estimate of drug-likeness (QED) is 0.137. The van der Waals surface area contributed by atoms with Crippen molar-refractivity contribution in [3.63, 3.8) is 0 Å². The Labute approximate surface area is 283 Å². The molecule has 1 aliphatic heterocycles. The van der Waals surface area contributed by atoms with E-state index in [1.807, 2.05) is 62.4 Å². The summed E-state index contributed by atoms with van der Waals surface area (Å²) in [5.74, 6) is 0.883. The van der Waals surface area contributed by atoms with Crippen molar-refractivity contribution in [2.45, 2.75) is 46.4 Å². The second-order valence-corrected chi connectivity index (χ2v) is 13.1. The number of halogens is 2. The first-order chi connectivity index (χ1) is 21.6. The number of carbonyl (C=O) groups is 1. The number of rotatable bonds is 10. The normalized spacial score (nSPS) is 14.7. The number of methoxy groups -OCH3 is 1. The molecule has 0 saturated heterocycles. The zero-order valence-electron chi connectivity index (χ0n) is 25.4. The van der Waals surface area contributed by atoms with Gasteiger partial charge in [0.25, 0.3) is 5.56 Å². The van der Waals surface area contributed by atoms with Crippen LogP contribution in [0.2, 0.25) is 5.02 Å². The summed E-state index contributed by atoms with van der Waals surface area (Å²) in [6.07, 6.45) is 1.61. The molecule has 0 N–H and O–H groups in total. The van der Waals surface area contributed by atoms with Crippen molar-refractivity contribution in [2.75, 3.05) is 13.7 Å². The van der Waals surface area contributed by atoms with Gasteiger partial charge < -0.3 is 18.9 Å². The Balaban J connectivity index is 1.60.